The van der Waals surface area contributed by atoms with Gasteiger partial charge in [0.1, 0.15) is 12.1 Å². The molecule has 6 nitrogen and oxygen atoms in total. The Hall–Kier alpha value is -3.45. The Bertz CT molecular complexity index is 1290. The van der Waals surface area contributed by atoms with Gasteiger partial charge in [0.15, 0.2) is 5.76 Å². The third-order valence-corrected chi connectivity index (χ3v) is 5.43. The minimum atomic E-state index is -0.240. The predicted octanol–water partition coefficient (Wildman–Crippen LogP) is 4.97. The summed E-state index contributed by atoms with van der Waals surface area (Å²) >= 11 is 1.53. The predicted molar refractivity (Wildman–Crippen MR) is 107 cm³/mol. The highest BCUT2D eigenvalue weighted by Crippen LogP contribution is 2.29. The van der Waals surface area contributed by atoms with Gasteiger partial charge in [-0.25, -0.2) is 0 Å². The van der Waals surface area contributed by atoms with E-state index in [1.54, 1.807) is 13.1 Å². The van der Waals surface area contributed by atoms with Crippen LogP contribution in [0.2, 0.25) is 0 Å². The zero-order valence-corrected chi connectivity index (χ0v) is 15.8. The van der Waals surface area contributed by atoms with Gasteiger partial charge in [0.05, 0.1) is 4.88 Å². The number of fused-ring (bicyclic) bond motifs is 3. The first kappa shape index (κ1) is 16.7. The average Bonchev–Trinajstić information content (AvgIpc) is 3.46. The lowest BCUT2D eigenvalue weighted by Crippen LogP contribution is -2.25. The number of nitrogens with zero attached hydrogens (tertiary/aromatic N) is 3. The molecule has 0 atom stereocenters. The third kappa shape index (κ3) is 2.86. The number of benzene rings is 2. The van der Waals surface area contributed by atoms with Gasteiger partial charge in [-0.15, -0.1) is 11.3 Å². The number of rotatable bonds is 4. The molecule has 138 valence electrons. The van der Waals surface area contributed by atoms with Crippen LogP contribution in [0.3, 0.4) is 0 Å². The van der Waals surface area contributed by atoms with Crippen molar-refractivity contribution in [3.63, 3.8) is 0 Å². The Kier molecular flexibility index (Phi) is 3.95. The van der Waals surface area contributed by atoms with Crippen molar-refractivity contribution in [2.75, 3.05) is 7.05 Å². The second-order valence-electron chi connectivity index (χ2n) is 6.46. The highest BCUT2D eigenvalue weighted by Gasteiger charge is 2.20. The van der Waals surface area contributed by atoms with E-state index in [1.807, 2.05) is 53.9 Å². The van der Waals surface area contributed by atoms with Crippen LogP contribution >= 0.6 is 11.3 Å². The first-order chi connectivity index (χ1) is 13.7. The van der Waals surface area contributed by atoms with Crippen LogP contribution in [-0.4, -0.2) is 28.0 Å². The van der Waals surface area contributed by atoms with Crippen LogP contribution in [0, 0.1) is 0 Å². The molecular weight excluding hydrogens is 374 g/mol. The standard InChI is InChI=1S/C21H15N3O3S/c1-24(12-19-22-20(23-27-19)18-7-4-10-28-18)21(25)17-11-15-14-6-3-2-5-13(14)8-9-16(15)26-17/h2-11H,12H2,1H3. The van der Waals surface area contributed by atoms with Gasteiger partial charge in [-0.2, -0.15) is 4.98 Å². The molecule has 0 N–H and O–H groups in total. The fraction of sp³-hybridized carbons (Fsp3) is 0.0952. The monoisotopic (exact) mass is 389 g/mol. The van der Waals surface area contributed by atoms with Crippen LogP contribution in [0.25, 0.3) is 32.4 Å². The van der Waals surface area contributed by atoms with E-state index in [9.17, 15) is 4.79 Å². The van der Waals surface area contributed by atoms with Crippen LogP contribution < -0.4 is 0 Å². The summed E-state index contributed by atoms with van der Waals surface area (Å²) in [7, 11) is 1.68. The quantitative estimate of drug-likeness (QED) is 0.434. The lowest BCUT2D eigenvalue weighted by atomic mass is 10.1. The Morgan fingerprint density at radius 2 is 2.00 bits per heavy atom. The lowest BCUT2D eigenvalue weighted by molar-refractivity contribution is 0.0740. The molecule has 0 aliphatic heterocycles. The highest BCUT2D eigenvalue weighted by molar-refractivity contribution is 7.13. The van der Waals surface area contributed by atoms with E-state index in [4.69, 9.17) is 8.94 Å². The molecule has 0 saturated heterocycles. The van der Waals surface area contributed by atoms with Crippen molar-refractivity contribution in [3.8, 4) is 10.7 Å². The molecule has 3 aromatic heterocycles. The highest BCUT2D eigenvalue weighted by atomic mass is 32.1. The number of furan rings is 1. The Balaban J connectivity index is 1.40. The van der Waals surface area contributed by atoms with Crippen LogP contribution in [0.4, 0.5) is 0 Å². The molecule has 0 saturated carbocycles. The minimum Gasteiger partial charge on any atom is -0.451 e. The molecule has 3 heterocycles. The van der Waals surface area contributed by atoms with Crippen molar-refractivity contribution in [2.45, 2.75) is 6.54 Å². The van der Waals surface area contributed by atoms with E-state index < -0.39 is 0 Å². The smallest absolute Gasteiger partial charge is 0.289 e. The van der Waals surface area contributed by atoms with Gasteiger partial charge in [0.2, 0.25) is 11.7 Å². The zero-order chi connectivity index (χ0) is 19.1. The molecule has 0 aliphatic carbocycles. The Labute approximate surface area is 164 Å². The van der Waals surface area contributed by atoms with Gasteiger partial charge >= 0.3 is 0 Å². The van der Waals surface area contributed by atoms with E-state index in [0.29, 0.717) is 17.3 Å². The Morgan fingerprint density at radius 1 is 1.11 bits per heavy atom. The molecule has 0 radical (unpaired) electrons. The average molecular weight is 389 g/mol. The third-order valence-electron chi connectivity index (χ3n) is 4.57. The maximum Gasteiger partial charge on any atom is 0.289 e. The molecule has 28 heavy (non-hydrogen) atoms. The Morgan fingerprint density at radius 3 is 2.86 bits per heavy atom. The molecule has 0 unspecified atom stereocenters. The molecule has 2 aromatic carbocycles. The minimum absolute atomic E-state index is 0.203. The number of thiophene rings is 1. The summed E-state index contributed by atoms with van der Waals surface area (Å²) in [6.07, 6.45) is 0. The second kappa shape index (κ2) is 6.61. The van der Waals surface area contributed by atoms with Crippen molar-refractivity contribution >= 4 is 39.0 Å². The largest absolute Gasteiger partial charge is 0.451 e. The summed E-state index contributed by atoms with van der Waals surface area (Å²) < 4.78 is 11.1. The van der Waals surface area contributed by atoms with Crippen molar-refractivity contribution in [3.05, 3.63) is 71.6 Å². The van der Waals surface area contributed by atoms with E-state index in [0.717, 1.165) is 21.0 Å². The van der Waals surface area contributed by atoms with Crippen molar-refractivity contribution in [2.24, 2.45) is 0 Å². The SMILES string of the molecule is CN(Cc1nc(-c2cccs2)no1)C(=O)c1cc2c(ccc3ccccc32)o1. The summed E-state index contributed by atoms with van der Waals surface area (Å²) in [5, 5.41) is 9.01. The van der Waals surface area contributed by atoms with E-state index in [2.05, 4.69) is 10.1 Å². The first-order valence-corrected chi connectivity index (χ1v) is 9.60. The number of aromatic nitrogens is 2. The molecule has 0 aliphatic rings. The molecular formula is C21H15N3O3S. The summed E-state index contributed by atoms with van der Waals surface area (Å²) in [4.78, 5) is 19.6. The van der Waals surface area contributed by atoms with Crippen molar-refractivity contribution < 1.29 is 13.7 Å². The normalized spacial score (nSPS) is 11.3. The van der Waals surface area contributed by atoms with Crippen LogP contribution in [0.1, 0.15) is 16.4 Å². The number of hydrogen-bond donors (Lipinski definition) is 0. The number of carbonyl (C=O) groups excluding carboxylic acids is 1. The van der Waals surface area contributed by atoms with E-state index >= 15 is 0 Å². The van der Waals surface area contributed by atoms with Crippen LogP contribution in [0.15, 0.2) is 68.9 Å². The second-order valence-corrected chi connectivity index (χ2v) is 7.41. The van der Waals surface area contributed by atoms with Gasteiger partial charge in [-0.05, 0) is 34.4 Å². The number of hydrogen-bond acceptors (Lipinski definition) is 6. The maximum absolute atomic E-state index is 12.8. The fourth-order valence-electron chi connectivity index (χ4n) is 3.19. The van der Waals surface area contributed by atoms with Crippen LogP contribution in [0.5, 0.6) is 0 Å². The first-order valence-electron chi connectivity index (χ1n) is 8.72. The van der Waals surface area contributed by atoms with Gasteiger partial charge in [-0.3, -0.25) is 4.79 Å². The van der Waals surface area contributed by atoms with Gasteiger partial charge in [0.25, 0.3) is 5.91 Å². The zero-order valence-electron chi connectivity index (χ0n) is 15.0. The maximum atomic E-state index is 12.8. The number of amides is 1. The fourth-order valence-corrected chi connectivity index (χ4v) is 3.83. The van der Waals surface area contributed by atoms with Gasteiger partial charge < -0.3 is 13.8 Å². The molecule has 5 aromatic rings. The van der Waals surface area contributed by atoms with Crippen LogP contribution in [-0.2, 0) is 6.54 Å². The van der Waals surface area contributed by atoms with E-state index in [-0.39, 0.29) is 18.2 Å². The van der Waals surface area contributed by atoms with E-state index in [1.165, 1.54) is 16.2 Å². The molecule has 5 rings (SSSR count). The summed E-state index contributed by atoms with van der Waals surface area (Å²) in [6, 6.07) is 17.5. The molecule has 0 fully saturated rings. The summed E-state index contributed by atoms with van der Waals surface area (Å²) in [6.45, 7) is 0.203. The lowest BCUT2D eigenvalue weighted by Gasteiger charge is -2.12. The summed E-state index contributed by atoms with van der Waals surface area (Å²) in [5.41, 5.74) is 0.688. The van der Waals surface area contributed by atoms with Gasteiger partial charge in [-0.1, -0.05) is 41.6 Å². The molecule has 0 spiro atoms. The topological polar surface area (TPSA) is 72.4 Å². The molecule has 1 amide bonds. The summed E-state index contributed by atoms with van der Waals surface area (Å²) in [5.74, 6) is 0.949. The number of carbonyl (C=O) groups is 1. The molecule has 0 bridgehead atoms. The van der Waals surface area contributed by atoms with Crippen molar-refractivity contribution in [1.29, 1.82) is 0 Å². The van der Waals surface area contributed by atoms with Crippen molar-refractivity contribution in [1.82, 2.24) is 15.0 Å². The molecule has 7 heteroatoms. The van der Waals surface area contributed by atoms with Gasteiger partial charge in [0, 0.05) is 12.4 Å².